The van der Waals surface area contributed by atoms with Crippen LogP contribution in [0.25, 0.3) is 22.2 Å². The molecule has 4 aromatic rings. The number of pyridine rings is 1. The molecular weight excluding hydrogens is 398 g/mol. The third-order valence-corrected chi connectivity index (χ3v) is 6.35. The highest BCUT2D eigenvalue weighted by Gasteiger charge is 2.27. The predicted molar refractivity (Wildman–Crippen MR) is 125 cm³/mol. The first-order chi connectivity index (χ1) is 15.8. The minimum Gasteiger partial charge on any atom is -0.338 e. The largest absolute Gasteiger partial charge is 0.338 e. The molecule has 2 aromatic carbocycles. The van der Waals surface area contributed by atoms with Crippen molar-refractivity contribution < 1.29 is 4.79 Å². The molecule has 0 saturated heterocycles. The summed E-state index contributed by atoms with van der Waals surface area (Å²) in [6, 6.07) is 18.6. The Kier molecular flexibility index (Phi) is 5.92. The number of carbonyl (C=O) groups excluding carboxylic acids is 1. The van der Waals surface area contributed by atoms with E-state index in [2.05, 4.69) is 44.2 Å². The molecule has 6 heteroatoms. The Morgan fingerprint density at radius 2 is 1.78 bits per heavy atom. The summed E-state index contributed by atoms with van der Waals surface area (Å²) >= 11 is 0. The van der Waals surface area contributed by atoms with E-state index in [4.69, 9.17) is 0 Å². The number of amides is 1. The van der Waals surface area contributed by atoms with Crippen molar-refractivity contribution >= 4 is 16.7 Å². The molecule has 5 rings (SSSR count). The molecule has 0 aliphatic heterocycles. The number of carbonyl (C=O) groups is 1. The molecule has 1 aliphatic rings. The second-order valence-corrected chi connectivity index (χ2v) is 8.41. The number of benzene rings is 2. The molecule has 32 heavy (non-hydrogen) atoms. The van der Waals surface area contributed by atoms with E-state index < -0.39 is 0 Å². The Hall–Kier alpha value is -3.54. The molecule has 162 valence electrons. The van der Waals surface area contributed by atoms with Crippen molar-refractivity contribution in [3.8, 4) is 11.4 Å². The highest BCUT2D eigenvalue weighted by Crippen LogP contribution is 2.26. The number of nitrogens with zero attached hydrogens (tertiary/aromatic N) is 5. The van der Waals surface area contributed by atoms with Crippen molar-refractivity contribution in [1.82, 2.24) is 24.6 Å². The van der Waals surface area contributed by atoms with Crippen LogP contribution in [0.3, 0.4) is 0 Å². The quantitative estimate of drug-likeness (QED) is 0.437. The fraction of sp³-hybridized carbons (Fsp3) is 0.308. The fourth-order valence-electron chi connectivity index (χ4n) is 4.68. The molecular formula is C26H27N5O. The van der Waals surface area contributed by atoms with E-state index in [0.29, 0.717) is 31.4 Å². The lowest BCUT2D eigenvalue weighted by Gasteiger charge is -2.29. The Labute approximate surface area is 187 Å². The Morgan fingerprint density at radius 1 is 1.00 bits per heavy atom. The van der Waals surface area contributed by atoms with Crippen LogP contribution in [0.15, 0.2) is 73.3 Å². The van der Waals surface area contributed by atoms with E-state index >= 15 is 0 Å². The van der Waals surface area contributed by atoms with Crippen LogP contribution in [0.2, 0.25) is 0 Å². The maximum Gasteiger partial charge on any atom is 0.227 e. The summed E-state index contributed by atoms with van der Waals surface area (Å²) in [5, 5.41) is 6.94. The van der Waals surface area contributed by atoms with Crippen LogP contribution in [-0.4, -0.2) is 43.1 Å². The molecule has 1 aliphatic carbocycles. The lowest BCUT2D eigenvalue weighted by Crippen LogP contribution is -2.41. The fourth-order valence-corrected chi connectivity index (χ4v) is 4.68. The average Bonchev–Trinajstić information content (AvgIpc) is 3.53. The van der Waals surface area contributed by atoms with Crippen molar-refractivity contribution in [3.63, 3.8) is 0 Å². The van der Waals surface area contributed by atoms with Gasteiger partial charge in [-0.2, -0.15) is 5.10 Å². The van der Waals surface area contributed by atoms with Crippen molar-refractivity contribution in [2.75, 3.05) is 6.54 Å². The van der Waals surface area contributed by atoms with E-state index in [1.807, 2.05) is 35.0 Å². The lowest BCUT2D eigenvalue weighted by molar-refractivity contribution is -0.132. The number of hydrogen-bond donors (Lipinski definition) is 0. The van der Waals surface area contributed by atoms with Crippen LogP contribution in [0.1, 0.15) is 31.2 Å². The third-order valence-electron chi connectivity index (χ3n) is 6.35. The van der Waals surface area contributed by atoms with Crippen molar-refractivity contribution in [3.05, 3.63) is 78.9 Å². The zero-order valence-electron chi connectivity index (χ0n) is 18.1. The van der Waals surface area contributed by atoms with E-state index in [-0.39, 0.29) is 5.91 Å². The van der Waals surface area contributed by atoms with Gasteiger partial charge in [-0.3, -0.25) is 14.5 Å². The van der Waals surface area contributed by atoms with Crippen molar-refractivity contribution in [1.29, 1.82) is 0 Å². The summed E-state index contributed by atoms with van der Waals surface area (Å²) in [4.78, 5) is 24.0. The summed E-state index contributed by atoms with van der Waals surface area (Å²) in [5.41, 5.74) is 2.04. The van der Waals surface area contributed by atoms with Gasteiger partial charge in [0.05, 0.1) is 13.0 Å². The van der Waals surface area contributed by atoms with Gasteiger partial charge in [-0.15, -0.1) is 0 Å². The van der Waals surface area contributed by atoms with Gasteiger partial charge in [0.25, 0.3) is 0 Å². The van der Waals surface area contributed by atoms with Gasteiger partial charge >= 0.3 is 0 Å². The van der Waals surface area contributed by atoms with Gasteiger partial charge in [0.15, 0.2) is 5.82 Å². The first-order valence-electron chi connectivity index (χ1n) is 11.3. The molecule has 0 atom stereocenters. The van der Waals surface area contributed by atoms with Crippen LogP contribution in [-0.2, 0) is 17.8 Å². The Bertz CT molecular complexity index is 1190. The van der Waals surface area contributed by atoms with E-state index in [0.717, 1.165) is 29.4 Å². The van der Waals surface area contributed by atoms with E-state index in [1.165, 1.54) is 18.2 Å². The Morgan fingerprint density at radius 3 is 2.62 bits per heavy atom. The molecule has 1 fully saturated rings. The summed E-state index contributed by atoms with van der Waals surface area (Å²) in [7, 11) is 0. The standard InChI is InChI=1S/C26H27N5O/c32-25(18-22-8-5-7-20-6-1-4-11-24(20)22)31(23-9-2-3-10-23)17-16-30-19-28-26(29-30)21-12-14-27-15-13-21/h1,4-8,11-15,19,23H,2-3,9-10,16-18H2. The first-order valence-corrected chi connectivity index (χ1v) is 11.3. The van der Waals surface area contributed by atoms with E-state index in [9.17, 15) is 4.79 Å². The summed E-state index contributed by atoms with van der Waals surface area (Å²) in [6.07, 6.45) is 10.2. The lowest BCUT2D eigenvalue weighted by atomic mass is 10.0. The normalized spacial score (nSPS) is 14.1. The van der Waals surface area contributed by atoms with Gasteiger partial charge in [0.1, 0.15) is 6.33 Å². The summed E-state index contributed by atoms with van der Waals surface area (Å²) in [5.74, 6) is 0.879. The third kappa shape index (κ3) is 4.40. The first kappa shape index (κ1) is 20.4. The SMILES string of the molecule is O=C(Cc1cccc2ccccc12)N(CCn1cnc(-c2ccncc2)n1)C1CCCC1. The molecule has 0 radical (unpaired) electrons. The van der Waals surface area contributed by atoms with Crippen molar-refractivity contribution in [2.45, 2.75) is 44.7 Å². The minimum atomic E-state index is 0.197. The smallest absolute Gasteiger partial charge is 0.227 e. The molecule has 6 nitrogen and oxygen atoms in total. The molecule has 2 aromatic heterocycles. The summed E-state index contributed by atoms with van der Waals surface area (Å²) < 4.78 is 1.84. The second-order valence-electron chi connectivity index (χ2n) is 8.41. The summed E-state index contributed by atoms with van der Waals surface area (Å²) in [6.45, 7) is 1.28. The topological polar surface area (TPSA) is 63.9 Å². The van der Waals surface area contributed by atoms with Crippen LogP contribution >= 0.6 is 0 Å². The minimum absolute atomic E-state index is 0.197. The number of hydrogen-bond acceptors (Lipinski definition) is 4. The van der Waals surface area contributed by atoms with E-state index in [1.54, 1.807) is 18.7 Å². The molecule has 1 amide bonds. The van der Waals surface area contributed by atoms with Crippen LogP contribution in [0.4, 0.5) is 0 Å². The molecule has 0 unspecified atom stereocenters. The monoisotopic (exact) mass is 425 g/mol. The highest BCUT2D eigenvalue weighted by atomic mass is 16.2. The van der Waals surface area contributed by atoms with Gasteiger partial charge in [0.2, 0.25) is 5.91 Å². The highest BCUT2D eigenvalue weighted by molar-refractivity contribution is 5.90. The molecule has 0 N–H and O–H groups in total. The molecule has 1 saturated carbocycles. The maximum absolute atomic E-state index is 13.5. The predicted octanol–water partition coefficient (Wildman–Crippen LogP) is 4.51. The van der Waals surface area contributed by atoms with Crippen LogP contribution < -0.4 is 0 Å². The Balaban J connectivity index is 1.32. The second kappa shape index (κ2) is 9.30. The van der Waals surface area contributed by atoms with Gasteiger partial charge in [-0.1, -0.05) is 55.3 Å². The van der Waals surface area contributed by atoms with Crippen LogP contribution in [0.5, 0.6) is 0 Å². The number of aromatic nitrogens is 4. The molecule has 0 bridgehead atoms. The molecule has 0 spiro atoms. The molecule has 2 heterocycles. The number of fused-ring (bicyclic) bond motifs is 1. The van der Waals surface area contributed by atoms with Gasteiger partial charge in [-0.25, -0.2) is 4.98 Å². The van der Waals surface area contributed by atoms with Crippen molar-refractivity contribution in [2.24, 2.45) is 0 Å². The van der Waals surface area contributed by atoms with Gasteiger partial charge < -0.3 is 4.90 Å². The van der Waals surface area contributed by atoms with Gasteiger partial charge in [-0.05, 0) is 41.3 Å². The maximum atomic E-state index is 13.5. The zero-order valence-corrected chi connectivity index (χ0v) is 18.1. The van der Waals surface area contributed by atoms with Gasteiger partial charge in [0, 0.05) is 30.5 Å². The zero-order chi connectivity index (χ0) is 21.8. The average molecular weight is 426 g/mol. The number of rotatable bonds is 7. The van der Waals surface area contributed by atoms with Crippen LogP contribution in [0, 0.1) is 0 Å².